The Kier molecular flexibility index (Phi) is 8.26. The highest BCUT2D eigenvalue weighted by atomic mass is 35.5. The first kappa shape index (κ1) is 24.7. The summed E-state index contributed by atoms with van der Waals surface area (Å²) in [4.78, 5) is 16.8. The van der Waals surface area contributed by atoms with E-state index in [0.29, 0.717) is 39.0 Å². The first-order valence-electron chi connectivity index (χ1n) is 10.8. The van der Waals surface area contributed by atoms with E-state index in [-0.39, 0.29) is 5.91 Å². The van der Waals surface area contributed by atoms with Crippen LogP contribution in [-0.4, -0.2) is 32.2 Å². The van der Waals surface area contributed by atoms with Crippen molar-refractivity contribution in [3.63, 3.8) is 0 Å². The second-order valence-corrected chi connectivity index (χ2v) is 10.3. The Balaban J connectivity index is 1.63. The summed E-state index contributed by atoms with van der Waals surface area (Å²) in [5.74, 6) is 1.04. The largest absolute Gasteiger partial charge is 0.351 e. The first-order valence-corrected chi connectivity index (χ1v) is 13.4. The lowest BCUT2D eigenvalue weighted by Gasteiger charge is -2.14. The van der Waals surface area contributed by atoms with Crippen LogP contribution in [0.15, 0.2) is 53.0 Å². The van der Waals surface area contributed by atoms with Gasteiger partial charge in [0, 0.05) is 22.5 Å². The van der Waals surface area contributed by atoms with Crippen LogP contribution in [0.25, 0.3) is 17.1 Å². The molecule has 0 radical (unpaired) electrons. The number of thioether (sulfide) groups is 1. The Labute approximate surface area is 216 Å². The van der Waals surface area contributed by atoms with Crippen molar-refractivity contribution in [2.45, 2.75) is 37.6 Å². The highest BCUT2D eigenvalue weighted by molar-refractivity contribution is 7.98. The van der Waals surface area contributed by atoms with Crippen molar-refractivity contribution in [1.82, 2.24) is 25.1 Å². The van der Waals surface area contributed by atoms with Gasteiger partial charge in [0.05, 0.1) is 16.5 Å². The molecule has 0 aliphatic heterocycles. The quantitative estimate of drug-likeness (QED) is 0.189. The number of nitrogens with zero attached hydrogens (tertiary/aromatic N) is 4. The maximum Gasteiger partial charge on any atom is 0.270 e. The molecule has 0 fully saturated rings. The maximum atomic E-state index is 12.3. The molecule has 0 atom stereocenters. The van der Waals surface area contributed by atoms with Gasteiger partial charge in [-0.25, -0.2) is 4.98 Å². The number of benzene rings is 2. The molecular formula is C24H23Cl2N5OS2. The molecule has 10 heteroatoms. The lowest BCUT2D eigenvalue weighted by atomic mass is 10.1. The first-order chi connectivity index (χ1) is 16.5. The molecular weight excluding hydrogens is 509 g/mol. The molecule has 0 saturated heterocycles. The molecule has 0 spiro atoms. The van der Waals surface area contributed by atoms with Crippen LogP contribution in [0.1, 0.15) is 40.8 Å². The van der Waals surface area contributed by atoms with Crippen molar-refractivity contribution in [2.24, 2.45) is 0 Å². The molecule has 0 unspecified atom stereocenters. The van der Waals surface area contributed by atoms with Crippen LogP contribution >= 0.6 is 46.3 Å². The Morgan fingerprint density at radius 2 is 2.00 bits per heavy atom. The Bertz CT molecular complexity index is 1300. The molecule has 1 amide bonds. The highest BCUT2D eigenvalue weighted by Gasteiger charge is 2.20. The van der Waals surface area contributed by atoms with E-state index in [0.717, 1.165) is 34.7 Å². The maximum absolute atomic E-state index is 12.3. The third-order valence-electron chi connectivity index (χ3n) is 5.09. The van der Waals surface area contributed by atoms with Gasteiger partial charge in [-0.3, -0.25) is 9.36 Å². The van der Waals surface area contributed by atoms with E-state index in [4.69, 9.17) is 23.2 Å². The van der Waals surface area contributed by atoms with Gasteiger partial charge in [-0.1, -0.05) is 66.5 Å². The van der Waals surface area contributed by atoms with Gasteiger partial charge in [-0.2, -0.15) is 0 Å². The van der Waals surface area contributed by atoms with Crippen LogP contribution in [0.5, 0.6) is 0 Å². The number of hydrogen-bond donors (Lipinski definition) is 1. The Hall–Kier alpha value is -2.39. The van der Waals surface area contributed by atoms with E-state index in [9.17, 15) is 4.79 Å². The van der Waals surface area contributed by atoms with E-state index < -0.39 is 0 Å². The molecule has 2 aromatic heterocycles. The summed E-state index contributed by atoms with van der Waals surface area (Å²) in [7, 11) is 0. The van der Waals surface area contributed by atoms with Crippen molar-refractivity contribution >= 4 is 52.2 Å². The number of aryl methyl sites for hydroxylation is 1. The second-order valence-electron chi connectivity index (χ2n) is 7.58. The number of halogens is 2. The molecule has 2 heterocycles. The number of thiazole rings is 1. The molecule has 176 valence electrons. The van der Waals surface area contributed by atoms with E-state index in [1.807, 2.05) is 54.0 Å². The van der Waals surface area contributed by atoms with Gasteiger partial charge in [-0.15, -0.1) is 21.5 Å². The predicted molar refractivity (Wildman–Crippen MR) is 140 cm³/mol. The third-order valence-corrected chi connectivity index (χ3v) is 7.62. The number of carbonyl (C=O) groups excluding carboxylic acids is 1. The molecule has 6 nitrogen and oxygen atoms in total. The van der Waals surface area contributed by atoms with Crippen LogP contribution in [0.4, 0.5) is 0 Å². The fourth-order valence-corrected chi connectivity index (χ4v) is 5.42. The van der Waals surface area contributed by atoms with Gasteiger partial charge >= 0.3 is 0 Å². The number of hydrogen-bond acceptors (Lipinski definition) is 6. The van der Waals surface area contributed by atoms with Gasteiger partial charge < -0.3 is 5.32 Å². The summed E-state index contributed by atoms with van der Waals surface area (Å²) in [5, 5.41) is 16.3. The molecule has 0 bridgehead atoms. The molecule has 34 heavy (non-hydrogen) atoms. The smallest absolute Gasteiger partial charge is 0.270 e. The van der Waals surface area contributed by atoms with E-state index in [1.54, 1.807) is 5.38 Å². The molecule has 4 rings (SSSR count). The number of rotatable bonds is 9. The predicted octanol–water partition coefficient (Wildman–Crippen LogP) is 6.83. The molecule has 0 aliphatic rings. The minimum absolute atomic E-state index is 0.139. The van der Waals surface area contributed by atoms with Gasteiger partial charge in [0.2, 0.25) is 0 Å². The van der Waals surface area contributed by atoms with E-state index in [1.165, 1.54) is 23.1 Å². The summed E-state index contributed by atoms with van der Waals surface area (Å²) in [6.07, 6.45) is 1.98. The topological polar surface area (TPSA) is 72.7 Å². The van der Waals surface area contributed by atoms with Crippen LogP contribution < -0.4 is 5.32 Å². The van der Waals surface area contributed by atoms with Gasteiger partial charge in [0.25, 0.3) is 5.91 Å². The molecule has 2 aromatic carbocycles. The average Bonchev–Trinajstić information content (AvgIpc) is 3.47. The number of aromatic nitrogens is 4. The minimum Gasteiger partial charge on any atom is -0.351 e. The number of carbonyl (C=O) groups is 1. The lowest BCUT2D eigenvalue weighted by Crippen LogP contribution is -2.24. The van der Waals surface area contributed by atoms with Crippen LogP contribution in [0, 0.1) is 6.92 Å². The van der Waals surface area contributed by atoms with Gasteiger partial charge in [0.15, 0.2) is 11.0 Å². The zero-order valence-electron chi connectivity index (χ0n) is 18.7. The molecule has 0 aliphatic carbocycles. The molecule has 0 saturated carbocycles. The zero-order valence-corrected chi connectivity index (χ0v) is 21.9. The molecule has 4 aromatic rings. The second kappa shape index (κ2) is 11.4. The van der Waals surface area contributed by atoms with Crippen molar-refractivity contribution in [2.75, 3.05) is 6.54 Å². The Morgan fingerprint density at radius 1 is 1.18 bits per heavy atom. The summed E-state index contributed by atoms with van der Waals surface area (Å²) < 4.78 is 1.97. The fraction of sp³-hybridized carbons (Fsp3) is 0.250. The van der Waals surface area contributed by atoms with Crippen LogP contribution in [0.3, 0.4) is 0 Å². The zero-order chi connectivity index (χ0) is 24.1. The standard InChI is InChI=1S/C24H23Cl2N5OS2/c1-3-4-11-27-23(32)19-13-33-21(28-19)14-34-24-30-29-22(17-7-5-6-8-18(17)26)31(24)20-12-16(25)10-9-15(20)2/h5-10,12-13H,3-4,11,14H2,1-2H3,(H,27,32). The van der Waals surface area contributed by atoms with Crippen LogP contribution in [0.2, 0.25) is 10.0 Å². The van der Waals surface area contributed by atoms with Gasteiger partial charge in [0.1, 0.15) is 10.7 Å². The summed E-state index contributed by atoms with van der Waals surface area (Å²) in [6, 6.07) is 13.3. The van der Waals surface area contributed by atoms with Crippen molar-refractivity contribution in [3.05, 3.63) is 74.2 Å². The number of nitrogens with one attached hydrogen (secondary N) is 1. The SMILES string of the molecule is CCCCNC(=O)c1csc(CSc2nnc(-c3ccccc3Cl)n2-c2cc(Cl)ccc2C)n1. The third kappa shape index (κ3) is 5.63. The summed E-state index contributed by atoms with van der Waals surface area (Å²) in [6.45, 7) is 4.76. The monoisotopic (exact) mass is 531 g/mol. The summed E-state index contributed by atoms with van der Waals surface area (Å²) >= 11 is 15.8. The lowest BCUT2D eigenvalue weighted by molar-refractivity contribution is 0.0948. The number of amides is 1. The summed E-state index contributed by atoms with van der Waals surface area (Å²) in [5.41, 5.74) is 3.13. The van der Waals surface area contributed by atoms with E-state index >= 15 is 0 Å². The van der Waals surface area contributed by atoms with Crippen LogP contribution in [-0.2, 0) is 5.75 Å². The number of unbranched alkanes of at least 4 members (excludes halogenated alkanes) is 1. The molecule has 1 N–H and O–H groups in total. The normalized spacial score (nSPS) is 11.1. The van der Waals surface area contributed by atoms with Gasteiger partial charge in [-0.05, 0) is 43.2 Å². The Morgan fingerprint density at radius 3 is 2.79 bits per heavy atom. The van der Waals surface area contributed by atoms with E-state index in [2.05, 4.69) is 27.4 Å². The highest BCUT2D eigenvalue weighted by Crippen LogP contribution is 2.35. The fourth-order valence-electron chi connectivity index (χ4n) is 3.30. The van der Waals surface area contributed by atoms with Crippen molar-refractivity contribution in [1.29, 1.82) is 0 Å². The van der Waals surface area contributed by atoms with Crippen molar-refractivity contribution in [3.8, 4) is 17.1 Å². The minimum atomic E-state index is -0.139. The van der Waals surface area contributed by atoms with Crippen molar-refractivity contribution < 1.29 is 4.79 Å². The average molecular weight is 533 g/mol.